The number of amides is 1. The third kappa shape index (κ3) is 8.57. The van der Waals surface area contributed by atoms with Crippen LogP contribution in [-0.4, -0.2) is 39.3 Å². The summed E-state index contributed by atoms with van der Waals surface area (Å²) in [6, 6.07) is 16.0. The van der Waals surface area contributed by atoms with Gasteiger partial charge in [-0.05, 0) is 35.9 Å². The molecule has 2 aromatic rings. The molecule has 0 fully saturated rings. The van der Waals surface area contributed by atoms with Gasteiger partial charge in [0.25, 0.3) is 0 Å². The van der Waals surface area contributed by atoms with Crippen LogP contribution in [0.25, 0.3) is 6.08 Å². The molecule has 0 saturated carbocycles. The number of rotatable bonds is 5. The highest BCUT2D eigenvalue weighted by atomic mass is 16.6. The number of carbonyl (C=O) groups is 3. The van der Waals surface area contributed by atoms with Crippen LogP contribution in [0.2, 0.25) is 0 Å². The number of hydrogen-bond acceptors (Lipinski definition) is 6. The summed E-state index contributed by atoms with van der Waals surface area (Å²) in [6.07, 6.45) is 3.58. The number of para-hydroxylation sites is 1. The Morgan fingerprint density at radius 3 is 1.97 bits per heavy atom. The molecule has 0 radical (unpaired) electrons. The predicted octanol–water partition coefficient (Wildman–Crippen LogP) is 3.85. The lowest BCUT2D eigenvalue weighted by molar-refractivity contribution is -0.135. The normalized spacial score (nSPS) is 9.62. The summed E-state index contributed by atoms with van der Waals surface area (Å²) in [4.78, 5) is 34.4. The molecule has 0 aliphatic rings. The second-order valence-corrected chi connectivity index (χ2v) is 5.42. The minimum Gasteiger partial charge on any atom is -0.466 e. The Balaban J connectivity index is 0.000000612. The molecule has 0 aliphatic heterocycles. The molecule has 0 aromatic heterocycles. The van der Waals surface area contributed by atoms with Crippen LogP contribution in [0.15, 0.2) is 73.3 Å². The molecule has 0 atom stereocenters. The molecule has 152 valence electrons. The molecule has 2 aromatic carbocycles. The molecular formula is C22H23NO6. The highest BCUT2D eigenvalue weighted by Crippen LogP contribution is 2.17. The first-order valence-corrected chi connectivity index (χ1v) is 8.48. The summed E-state index contributed by atoms with van der Waals surface area (Å²) in [5, 5.41) is 0. The standard InChI is InChI=1S/C18H17NO4.C4H6O2/c1-19(15-6-4-3-5-7-15)18(21)23-16-11-8-14(9-12-16)10-13-17(20)22-2;1-3-4(5)6-2/h3-13H,1-2H3;3H,1H2,2H3. The van der Waals surface area contributed by atoms with E-state index in [1.54, 1.807) is 37.4 Å². The molecular weight excluding hydrogens is 374 g/mol. The van der Waals surface area contributed by atoms with Gasteiger partial charge in [0, 0.05) is 24.9 Å². The minimum absolute atomic E-state index is 0.394. The summed E-state index contributed by atoms with van der Waals surface area (Å²) >= 11 is 0. The molecule has 7 nitrogen and oxygen atoms in total. The first-order valence-electron chi connectivity index (χ1n) is 8.48. The van der Waals surface area contributed by atoms with E-state index in [2.05, 4.69) is 16.1 Å². The van der Waals surface area contributed by atoms with E-state index in [1.165, 1.54) is 25.2 Å². The van der Waals surface area contributed by atoms with E-state index >= 15 is 0 Å². The van der Waals surface area contributed by atoms with Crippen molar-refractivity contribution in [2.75, 3.05) is 26.2 Å². The zero-order chi connectivity index (χ0) is 21.6. The first-order chi connectivity index (χ1) is 13.9. The second kappa shape index (κ2) is 12.5. The molecule has 7 heteroatoms. The quantitative estimate of drug-likeness (QED) is 0.563. The van der Waals surface area contributed by atoms with Crippen LogP contribution in [-0.2, 0) is 19.1 Å². The number of carbonyl (C=O) groups excluding carboxylic acids is 3. The number of anilines is 1. The van der Waals surface area contributed by atoms with E-state index in [9.17, 15) is 14.4 Å². The Morgan fingerprint density at radius 2 is 1.48 bits per heavy atom. The molecule has 0 bridgehead atoms. The summed E-state index contributed by atoms with van der Waals surface area (Å²) in [5.74, 6) is -0.395. The lowest BCUT2D eigenvalue weighted by Gasteiger charge is -2.16. The molecule has 0 saturated heterocycles. The van der Waals surface area contributed by atoms with Crippen LogP contribution in [0.3, 0.4) is 0 Å². The van der Waals surface area contributed by atoms with Gasteiger partial charge >= 0.3 is 18.0 Å². The van der Waals surface area contributed by atoms with Gasteiger partial charge in [0.1, 0.15) is 5.75 Å². The molecule has 1 amide bonds. The smallest absolute Gasteiger partial charge is 0.419 e. The van der Waals surface area contributed by atoms with Gasteiger partial charge in [0.15, 0.2) is 0 Å². The molecule has 29 heavy (non-hydrogen) atoms. The number of benzene rings is 2. The third-order valence-corrected chi connectivity index (χ3v) is 3.48. The predicted molar refractivity (Wildman–Crippen MR) is 111 cm³/mol. The van der Waals surface area contributed by atoms with Crippen LogP contribution in [0.1, 0.15) is 5.56 Å². The fourth-order valence-corrected chi connectivity index (χ4v) is 1.89. The van der Waals surface area contributed by atoms with Crippen molar-refractivity contribution >= 4 is 29.8 Å². The molecule has 0 heterocycles. The van der Waals surface area contributed by atoms with Gasteiger partial charge in [-0.2, -0.15) is 0 Å². The van der Waals surface area contributed by atoms with Crippen LogP contribution in [0.4, 0.5) is 10.5 Å². The lowest BCUT2D eigenvalue weighted by atomic mass is 10.2. The van der Waals surface area contributed by atoms with E-state index < -0.39 is 18.0 Å². The van der Waals surface area contributed by atoms with E-state index in [0.717, 1.165) is 17.3 Å². The van der Waals surface area contributed by atoms with Crippen LogP contribution in [0, 0.1) is 0 Å². The molecule has 2 rings (SSSR count). The Kier molecular flexibility index (Phi) is 9.99. The van der Waals surface area contributed by atoms with Crippen molar-refractivity contribution in [2.24, 2.45) is 0 Å². The van der Waals surface area contributed by atoms with Crippen molar-refractivity contribution in [3.63, 3.8) is 0 Å². The number of ether oxygens (including phenoxy) is 3. The summed E-state index contributed by atoms with van der Waals surface area (Å²) < 4.78 is 14.0. The fourth-order valence-electron chi connectivity index (χ4n) is 1.89. The second-order valence-electron chi connectivity index (χ2n) is 5.42. The van der Waals surface area contributed by atoms with Crippen LogP contribution in [0.5, 0.6) is 5.75 Å². The Bertz CT molecular complexity index is 843. The zero-order valence-corrected chi connectivity index (χ0v) is 16.5. The molecule has 0 N–H and O–H groups in total. The van der Waals surface area contributed by atoms with E-state index in [1.807, 2.05) is 30.3 Å². The lowest BCUT2D eigenvalue weighted by Crippen LogP contribution is -2.29. The summed E-state index contributed by atoms with van der Waals surface area (Å²) in [5.41, 5.74) is 1.54. The number of hydrogen-bond donors (Lipinski definition) is 0. The third-order valence-electron chi connectivity index (χ3n) is 3.48. The topological polar surface area (TPSA) is 82.1 Å². The molecule has 0 spiro atoms. The van der Waals surface area contributed by atoms with Crippen molar-refractivity contribution in [1.82, 2.24) is 0 Å². The van der Waals surface area contributed by atoms with Crippen molar-refractivity contribution in [1.29, 1.82) is 0 Å². The van der Waals surface area contributed by atoms with E-state index in [-0.39, 0.29) is 0 Å². The van der Waals surface area contributed by atoms with Crippen LogP contribution >= 0.6 is 0 Å². The van der Waals surface area contributed by atoms with Gasteiger partial charge in [-0.25, -0.2) is 14.4 Å². The van der Waals surface area contributed by atoms with Gasteiger partial charge in [0.05, 0.1) is 14.2 Å². The largest absolute Gasteiger partial charge is 0.466 e. The zero-order valence-electron chi connectivity index (χ0n) is 16.5. The maximum atomic E-state index is 12.1. The van der Waals surface area contributed by atoms with Gasteiger partial charge < -0.3 is 14.2 Å². The number of methoxy groups -OCH3 is 2. The molecule has 0 aliphatic carbocycles. The van der Waals surface area contributed by atoms with Crippen molar-refractivity contribution in [3.05, 3.63) is 78.9 Å². The highest BCUT2D eigenvalue weighted by molar-refractivity contribution is 5.89. The van der Waals surface area contributed by atoms with E-state index in [0.29, 0.717) is 5.75 Å². The maximum Gasteiger partial charge on any atom is 0.419 e. The maximum absolute atomic E-state index is 12.1. The SMILES string of the molecule is C=CC(=O)OC.COC(=O)C=Cc1ccc(OC(=O)N(C)c2ccccc2)cc1. The summed E-state index contributed by atoms with van der Waals surface area (Å²) in [6.45, 7) is 3.16. The summed E-state index contributed by atoms with van der Waals surface area (Å²) in [7, 11) is 4.27. The van der Waals surface area contributed by atoms with Gasteiger partial charge in [-0.3, -0.25) is 4.90 Å². The van der Waals surface area contributed by atoms with Gasteiger partial charge in [0.2, 0.25) is 0 Å². The average Bonchev–Trinajstić information content (AvgIpc) is 2.78. The number of nitrogens with zero attached hydrogens (tertiary/aromatic N) is 1. The van der Waals surface area contributed by atoms with Crippen molar-refractivity contribution in [2.45, 2.75) is 0 Å². The van der Waals surface area contributed by atoms with Crippen molar-refractivity contribution in [3.8, 4) is 5.75 Å². The fraction of sp³-hybridized carbons (Fsp3) is 0.136. The Hall–Kier alpha value is -3.87. The highest BCUT2D eigenvalue weighted by Gasteiger charge is 2.12. The Morgan fingerprint density at radius 1 is 0.897 bits per heavy atom. The first kappa shape index (κ1) is 23.2. The monoisotopic (exact) mass is 397 g/mol. The van der Waals surface area contributed by atoms with E-state index in [4.69, 9.17) is 4.74 Å². The van der Waals surface area contributed by atoms with Gasteiger partial charge in [-0.15, -0.1) is 0 Å². The average molecular weight is 397 g/mol. The Labute approximate surface area is 169 Å². The van der Waals surface area contributed by atoms with Crippen LogP contribution < -0.4 is 9.64 Å². The van der Waals surface area contributed by atoms with Crippen molar-refractivity contribution < 1.29 is 28.6 Å². The number of esters is 2. The van der Waals surface area contributed by atoms with Gasteiger partial charge in [-0.1, -0.05) is 36.9 Å². The minimum atomic E-state index is -0.478. The molecule has 0 unspecified atom stereocenters.